The Balaban J connectivity index is 1.41. The SMILES string of the molecule is Cc1csc(N2CCN(C(=O)c3cc(-c4ccco4)on3)CC2)n1. The van der Waals surface area contributed by atoms with E-state index in [1.165, 1.54) is 0 Å². The van der Waals surface area contributed by atoms with Crippen LogP contribution in [0.25, 0.3) is 11.5 Å². The third kappa shape index (κ3) is 2.80. The molecule has 0 unspecified atom stereocenters. The average Bonchev–Trinajstić information content (AvgIpc) is 3.35. The van der Waals surface area contributed by atoms with Gasteiger partial charge in [0.1, 0.15) is 0 Å². The number of piperazine rings is 1. The molecule has 0 bridgehead atoms. The lowest BCUT2D eigenvalue weighted by Gasteiger charge is -2.34. The fourth-order valence-electron chi connectivity index (χ4n) is 2.66. The van der Waals surface area contributed by atoms with Crippen molar-refractivity contribution in [2.24, 2.45) is 0 Å². The van der Waals surface area contributed by atoms with Crippen LogP contribution in [0.15, 0.2) is 38.8 Å². The molecule has 124 valence electrons. The molecule has 0 radical (unpaired) electrons. The van der Waals surface area contributed by atoms with E-state index < -0.39 is 0 Å². The summed E-state index contributed by atoms with van der Waals surface area (Å²) in [7, 11) is 0. The molecule has 4 rings (SSSR count). The number of thiazole rings is 1. The lowest BCUT2D eigenvalue weighted by molar-refractivity contribution is 0.0736. The number of nitrogens with zero attached hydrogens (tertiary/aromatic N) is 4. The molecule has 0 spiro atoms. The summed E-state index contributed by atoms with van der Waals surface area (Å²) in [5.41, 5.74) is 1.33. The Labute approximate surface area is 142 Å². The minimum atomic E-state index is -0.119. The van der Waals surface area contributed by atoms with Crippen LogP contribution in [0.2, 0.25) is 0 Å². The zero-order valence-electron chi connectivity index (χ0n) is 13.1. The summed E-state index contributed by atoms with van der Waals surface area (Å²) in [6.07, 6.45) is 1.55. The number of aryl methyl sites for hydroxylation is 1. The van der Waals surface area contributed by atoms with Crippen molar-refractivity contribution in [3.63, 3.8) is 0 Å². The van der Waals surface area contributed by atoms with Gasteiger partial charge in [-0.3, -0.25) is 4.79 Å². The Bertz CT molecular complexity index is 831. The van der Waals surface area contributed by atoms with E-state index in [0.29, 0.717) is 30.3 Å². The van der Waals surface area contributed by atoms with Gasteiger partial charge in [0.25, 0.3) is 5.91 Å². The maximum atomic E-state index is 12.6. The summed E-state index contributed by atoms with van der Waals surface area (Å²) in [5.74, 6) is 0.900. The summed E-state index contributed by atoms with van der Waals surface area (Å²) in [5, 5.41) is 6.93. The van der Waals surface area contributed by atoms with Gasteiger partial charge in [0.15, 0.2) is 16.6 Å². The number of aromatic nitrogens is 2. The minimum Gasteiger partial charge on any atom is -0.461 e. The molecular weight excluding hydrogens is 328 g/mol. The summed E-state index contributed by atoms with van der Waals surface area (Å²) in [6.45, 7) is 4.80. The summed E-state index contributed by atoms with van der Waals surface area (Å²) in [6, 6.07) is 5.15. The number of anilines is 1. The fourth-order valence-corrected chi connectivity index (χ4v) is 3.52. The van der Waals surface area contributed by atoms with Gasteiger partial charge in [-0.15, -0.1) is 11.3 Å². The first-order valence-electron chi connectivity index (χ1n) is 7.67. The lowest BCUT2D eigenvalue weighted by atomic mass is 10.2. The molecule has 7 nitrogen and oxygen atoms in total. The number of hydrogen-bond acceptors (Lipinski definition) is 7. The zero-order chi connectivity index (χ0) is 16.5. The maximum Gasteiger partial charge on any atom is 0.276 e. The van der Waals surface area contributed by atoms with Crippen molar-refractivity contribution in [3.05, 3.63) is 41.2 Å². The lowest BCUT2D eigenvalue weighted by Crippen LogP contribution is -2.48. The first kappa shape index (κ1) is 14.9. The number of furan rings is 1. The molecule has 1 amide bonds. The molecule has 24 heavy (non-hydrogen) atoms. The topological polar surface area (TPSA) is 75.6 Å². The first-order valence-corrected chi connectivity index (χ1v) is 8.55. The number of rotatable bonds is 3. The fraction of sp³-hybridized carbons (Fsp3) is 0.312. The first-order chi connectivity index (χ1) is 11.7. The van der Waals surface area contributed by atoms with E-state index in [-0.39, 0.29) is 5.91 Å². The largest absolute Gasteiger partial charge is 0.461 e. The van der Waals surface area contributed by atoms with Gasteiger partial charge < -0.3 is 18.7 Å². The molecule has 1 saturated heterocycles. The van der Waals surface area contributed by atoms with Crippen molar-refractivity contribution in [3.8, 4) is 11.5 Å². The Morgan fingerprint density at radius 2 is 2.08 bits per heavy atom. The molecule has 0 aromatic carbocycles. The highest BCUT2D eigenvalue weighted by Crippen LogP contribution is 2.23. The quantitative estimate of drug-likeness (QED) is 0.727. The van der Waals surface area contributed by atoms with E-state index in [1.54, 1.807) is 40.7 Å². The molecular formula is C16H16N4O3S. The zero-order valence-corrected chi connectivity index (χ0v) is 14.0. The van der Waals surface area contributed by atoms with Crippen LogP contribution in [0.1, 0.15) is 16.2 Å². The number of carbonyl (C=O) groups is 1. The molecule has 0 atom stereocenters. The average molecular weight is 344 g/mol. The highest BCUT2D eigenvalue weighted by Gasteiger charge is 2.26. The maximum absolute atomic E-state index is 12.6. The predicted molar refractivity (Wildman–Crippen MR) is 89.2 cm³/mol. The van der Waals surface area contributed by atoms with Gasteiger partial charge >= 0.3 is 0 Å². The smallest absolute Gasteiger partial charge is 0.276 e. The van der Waals surface area contributed by atoms with Gasteiger partial charge in [-0.05, 0) is 19.1 Å². The molecule has 1 fully saturated rings. The van der Waals surface area contributed by atoms with Gasteiger partial charge in [-0.25, -0.2) is 4.98 Å². The van der Waals surface area contributed by atoms with Crippen molar-refractivity contribution in [1.29, 1.82) is 0 Å². The number of hydrogen-bond donors (Lipinski definition) is 0. The van der Waals surface area contributed by atoms with Gasteiger partial charge in [-0.2, -0.15) is 0 Å². The Morgan fingerprint density at radius 1 is 1.25 bits per heavy atom. The standard InChI is InChI=1S/C16H16N4O3S/c1-11-10-24-16(17-11)20-6-4-19(5-7-20)15(21)12-9-14(23-18-12)13-3-2-8-22-13/h2-3,8-10H,4-7H2,1H3. The van der Waals surface area contributed by atoms with Crippen LogP contribution < -0.4 is 4.90 Å². The highest BCUT2D eigenvalue weighted by molar-refractivity contribution is 7.13. The molecule has 0 N–H and O–H groups in total. The molecule has 3 aromatic rings. The van der Waals surface area contributed by atoms with Crippen LogP contribution in [0.4, 0.5) is 5.13 Å². The molecule has 3 aromatic heterocycles. The molecule has 1 aliphatic rings. The summed E-state index contributed by atoms with van der Waals surface area (Å²) in [4.78, 5) is 21.1. The van der Waals surface area contributed by atoms with Crippen LogP contribution in [0.3, 0.4) is 0 Å². The molecule has 0 saturated carbocycles. The summed E-state index contributed by atoms with van der Waals surface area (Å²) >= 11 is 1.64. The predicted octanol–water partition coefficient (Wildman–Crippen LogP) is 2.66. The third-order valence-corrected chi connectivity index (χ3v) is 4.96. The second-order valence-electron chi connectivity index (χ2n) is 5.60. The van der Waals surface area contributed by atoms with Crippen molar-refractivity contribution < 1.29 is 13.7 Å². The molecule has 0 aliphatic carbocycles. The van der Waals surface area contributed by atoms with Crippen LogP contribution in [0, 0.1) is 6.92 Å². The van der Waals surface area contributed by atoms with Gasteiger partial charge in [0.2, 0.25) is 5.76 Å². The van der Waals surface area contributed by atoms with Gasteiger partial charge in [0, 0.05) is 37.6 Å². The molecule has 1 aliphatic heterocycles. The van der Waals surface area contributed by atoms with E-state index in [2.05, 4.69) is 15.0 Å². The molecule has 4 heterocycles. The Hall–Kier alpha value is -2.61. The Kier molecular flexibility index (Phi) is 3.81. The normalized spacial score (nSPS) is 15.0. The van der Waals surface area contributed by atoms with Crippen LogP contribution in [0.5, 0.6) is 0 Å². The van der Waals surface area contributed by atoms with Crippen LogP contribution >= 0.6 is 11.3 Å². The summed E-state index contributed by atoms with van der Waals surface area (Å²) < 4.78 is 10.5. The minimum absolute atomic E-state index is 0.119. The van der Waals surface area contributed by atoms with Gasteiger partial charge in [0.05, 0.1) is 12.0 Å². The van der Waals surface area contributed by atoms with Gasteiger partial charge in [-0.1, -0.05) is 5.16 Å². The van der Waals surface area contributed by atoms with E-state index in [1.807, 2.05) is 12.3 Å². The van der Waals surface area contributed by atoms with Crippen molar-refractivity contribution >= 4 is 22.4 Å². The third-order valence-electron chi connectivity index (χ3n) is 3.94. The van der Waals surface area contributed by atoms with Crippen molar-refractivity contribution in [2.75, 3.05) is 31.1 Å². The highest BCUT2D eigenvalue weighted by atomic mass is 32.1. The van der Waals surface area contributed by atoms with E-state index in [4.69, 9.17) is 8.94 Å². The van der Waals surface area contributed by atoms with Crippen molar-refractivity contribution in [2.45, 2.75) is 6.92 Å². The second-order valence-corrected chi connectivity index (χ2v) is 6.44. The van der Waals surface area contributed by atoms with E-state index >= 15 is 0 Å². The van der Waals surface area contributed by atoms with Crippen LogP contribution in [-0.4, -0.2) is 47.1 Å². The Morgan fingerprint density at radius 3 is 2.75 bits per heavy atom. The number of carbonyl (C=O) groups excluding carboxylic acids is 1. The van der Waals surface area contributed by atoms with Crippen molar-refractivity contribution in [1.82, 2.24) is 15.0 Å². The monoisotopic (exact) mass is 344 g/mol. The van der Waals surface area contributed by atoms with E-state index in [9.17, 15) is 4.79 Å². The number of amides is 1. The van der Waals surface area contributed by atoms with E-state index in [0.717, 1.165) is 23.9 Å². The molecule has 8 heteroatoms. The second kappa shape index (κ2) is 6.12. The van der Waals surface area contributed by atoms with Crippen LogP contribution in [-0.2, 0) is 0 Å².